The minimum atomic E-state index is -3.47. The topological polar surface area (TPSA) is 60.4 Å². The maximum absolute atomic E-state index is 12.5. The summed E-state index contributed by atoms with van der Waals surface area (Å²) < 4.78 is 30.3. The number of esters is 1. The molecule has 25 heavy (non-hydrogen) atoms. The zero-order valence-corrected chi connectivity index (χ0v) is 14.4. The minimum absolute atomic E-state index is 0.181. The van der Waals surface area contributed by atoms with Gasteiger partial charge in [-0.25, -0.2) is 13.2 Å². The van der Waals surface area contributed by atoms with Crippen molar-refractivity contribution < 1.29 is 17.9 Å². The van der Waals surface area contributed by atoms with E-state index in [0.717, 1.165) is 12.8 Å². The molecule has 2 aromatic rings. The van der Waals surface area contributed by atoms with Gasteiger partial charge >= 0.3 is 5.97 Å². The summed E-state index contributed by atoms with van der Waals surface area (Å²) in [6.07, 6.45) is 6.84. The van der Waals surface area contributed by atoms with E-state index in [1.807, 2.05) is 0 Å². The summed E-state index contributed by atoms with van der Waals surface area (Å²) in [5, 5.41) is 0. The number of hydrogen-bond donors (Lipinski definition) is 0. The lowest BCUT2D eigenvalue weighted by Crippen LogP contribution is -2.18. The monoisotopic (exact) mass is 354 g/mol. The predicted molar refractivity (Wildman–Crippen MR) is 94.5 cm³/mol. The zero-order chi connectivity index (χ0) is 17.9. The van der Waals surface area contributed by atoms with Crippen LogP contribution >= 0.6 is 0 Å². The fourth-order valence-corrected chi connectivity index (χ4v) is 3.92. The number of ether oxygens (including phenoxy) is 1. The van der Waals surface area contributed by atoms with E-state index in [1.165, 1.54) is 0 Å². The van der Waals surface area contributed by atoms with Crippen LogP contribution in [0.5, 0.6) is 0 Å². The molecule has 128 valence electrons. The van der Waals surface area contributed by atoms with Crippen molar-refractivity contribution >= 4 is 15.8 Å². The number of hydrogen-bond acceptors (Lipinski definition) is 4. The van der Waals surface area contributed by atoms with Gasteiger partial charge in [-0.15, -0.1) is 6.42 Å². The summed E-state index contributed by atoms with van der Waals surface area (Å²) in [7, 11) is -3.47. The molecule has 0 aliphatic heterocycles. The van der Waals surface area contributed by atoms with E-state index in [-0.39, 0.29) is 16.6 Å². The second-order valence-electron chi connectivity index (χ2n) is 6.10. The molecule has 1 aliphatic rings. The molecule has 5 heteroatoms. The fourth-order valence-electron chi connectivity index (χ4n) is 2.57. The smallest absolute Gasteiger partial charge is 0.339 e. The van der Waals surface area contributed by atoms with Gasteiger partial charge in [0, 0.05) is 5.92 Å². The summed E-state index contributed by atoms with van der Waals surface area (Å²) in [5.41, 5.74) is 0.837. The fraction of sp³-hybridized carbons (Fsp3) is 0.250. The first-order valence-electron chi connectivity index (χ1n) is 8.03. The summed E-state index contributed by atoms with van der Waals surface area (Å²) in [5.74, 6) is 2.05. The van der Waals surface area contributed by atoms with E-state index in [1.54, 1.807) is 54.6 Å². The van der Waals surface area contributed by atoms with Crippen LogP contribution in [-0.4, -0.2) is 20.5 Å². The first kappa shape index (κ1) is 17.2. The molecule has 1 fully saturated rings. The largest absolute Gasteiger partial charge is 0.445 e. The number of sulfone groups is 1. The molecule has 1 saturated carbocycles. The summed E-state index contributed by atoms with van der Waals surface area (Å²) in [6, 6.07) is 14.7. The summed E-state index contributed by atoms with van der Waals surface area (Å²) in [4.78, 5) is 12.5. The lowest BCUT2D eigenvalue weighted by Gasteiger charge is -2.12. The molecular formula is C20H18O4S. The highest BCUT2D eigenvalue weighted by Gasteiger charge is 2.33. The Balaban J connectivity index is 1.75. The molecule has 0 heterocycles. The molecule has 3 rings (SSSR count). The Kier molecular flexibility index (Phi) is 4.91. The van der Waals surface area contributed by atoms with Crippen molar-refractivity contribution in [3.05, 3.63) is 65.7 Å². The molecule has 0 aromatic heterocycles. The van der Waals surface area contributed by atoms with Gasteiger partial charge in [-0.2, -0.15) is 0 Å². The van der Waals surface area contributed by atoms with E-state index in [9.17, 15) is 13.2 Å². The van der Waals surface area contributed by atoms with E-state index in [4.69, 9.17) is 11.2 Å². The Bertz CT molecular complexity index is 906. The quantitative estimate of drug-likeness (QED) is 0.590. The van der Waals surface area contributed by atoms with Crippen molar-refractivity contribution in [2.45, 2.75) is 29.6 Å². The van der Waals surface area contributed by atoms with E-state index < -0.39 is 21.9 Å². The molecule has 1 aliphatic carbocycles. The standard InChI is InChI=1S/C20H18O4S/c1-2-19(16-11-12-16)24-20(21)17-8-6-7-15(13-17)14-25(22,23)18-9-4-3-5-10-18/h1,3-10,13,16,19H,11-12,14H2/t19-/m0/s1. The molecular weight excluding hydrogens is 336 g/mol. The number of carbonyl (C=O) groups is 1. The van der Waals surface area contributed by atoms with E-state index in [2.05, 4.69) is 5.92 Å². The second kappa shape index (κ2) is 7.12. The van der Waals surface area contributed by atoms with Crippen molar-refractivity contribution in [2.75, 3.05) is 0 Å². The van der Waals surface area contributed by atoms with Crippen LogP contribution in [0, 0.1) is 18.3 Å². The Hall–Kier alpha value is -2.58. The van der Waals surface area contributed by atoms with E-state index in [0.29, 0.717) is 11.1 Å². The molecule has 0 bridgehead atoms. The number of carbonyl (C=O) groups excluding carboxylic acids is 1. The average Bonchev–Trinajstić information content (AvgIpc) is 3.45. The molecule has 1 atom stereocenters. The summed E-state index contributed by atoms with van der Waals surface area (Å²) >= 11 is 0. The molecule has 2 aromatic carbocycles. The third kappa shape index (κ3) is 4.28. The highest BCUT2D eigenvalue weighted by Crippen LogP contribution is 2.34. The molecule has 0 unspecified atom stereocenters. The molecule has 0 saturated heterocycles. The number of benzene rings is 2. The first-order valence-corrected chi connectivity index (χ1v) is 9.69. The van der Waals surface area contributed by atoms with Crippen LogP contribution in [0.1, 0.15) is 28.8 Å². The third-order valence-electron chi connectivity index (χ3n) is 4.07. The van der Waals surface area contributed by atoms with Crippen molar-refractivity contribution in [3.63, 3.8) is 0 Å². The van der Waals surface area contributed by atoms with Gasteiger partial charge in [-0.3, -0.25) is 0 Å². The van der Waals surface area contributed by atoms with Crippen molar-refractivity contribution in [1.82, 2.24) is 0 Å². The number of rotatable bonds is 6. The molecule has 4 nitrogen and oxygen atoms in total. The van der Waals surface area contributed by atoms with Crippen molar-refractivity contribution in [1.29, 1.82) is 0 Å². The predicted octanol–water partition coefficient (Wildman–Crippen LogP) is 3.23. The van der Waals surface area contributed by atoms with Crippen LogP contribution in [0.4, 0.5) is 0 Å². The second-order valence-corrected chi connectivity index (χ2v) is 8.09. The molecule has 0 radical (unpaired) electrons. The van der Waals surface area contributed by atoms with Gasteiger partial charge in [0.15, 0.2) is 15.9 Å². The minimum Gasteiger partial charge on any atom is -0.445 e. The lowest BCUT2D eigenvalue weighted by molar-refractivity contribution is 0.0374. The van der Waals surface area contributed by atoms with Crippen LogP contribution in [-0.2, 0) is 20.3 Å². The first-order chi connectivity index (χ1) is 12.0. The van der Waals surface area contributed by atoms with Gasteiger partial charge in [-0.1, -0.05) is 36.3 Å². The van der Waals surface area contributed by atoms with Gasteiger partial charge in [0.1, 0.15) is 0 Å². The SMILES string of the molecule is C#C[C@H](OC(=O)c1cccc(CS(=O)(=O)c2ccccc2)c1)C1CC1. The van der Waals surface area contributed by atoms with Crippen LogP contribution in [0.2, 0.25) is 0 Å². The third-order valence-corrected chi connectivity index (χ3v) is 5.77. The van der Waals surface area contributed by atoms with Gasteiger partial charge in [0.05, 0.1) is 16.2 Å². The Labute approximate surface area is 147 Å². The molecule has 0 amide bonds. The van der Waals surface area contributed by atoms with Crippen molar-refractivity contribution in [3.8, 4) is 12.3 Å². The Morgan fingerprint density at radius 2 is 1.88 bits per heavy atom. The maximum atomic E-state index is 12.5. The van der Waals surface area contributed by atoms with Gasteiger partial charge in [0.25, 0.3) is 0 Å². The average molecular weight is 354 g/mol. The van der Waals surface area contributed by atoms with Crippen LogP contribution in [0.15, 0.2) is 59.5 Å². The maximum Gasteiger partial charge on any atom is 0.339 e. The lowest BCUT2D eigenvalue weighted by atomic mass is 10.1. The highest BCUT2D eigenvalue weighted by atomic mass is 32.2. The molecule has 0 spiro atoms. The Morgan fingerprint density at radius 1 is 1.16 bits per heavy atom. The van der Waals surface area contributed by atoms with E-state index >= 15 is 0 Å². The van der Waals surface area contributed by atoms with Crippen LogP contribution in [0.3, 0.4) is 0 Å². The van der Waals surface area contributed by atoms with Gasteiger partial charge in [0.2, 0.25) is 0 Å². The van der Waals surface area contributed by atoms with Gasteiger partial charge < -0.3 is 4.74 Å². The summed E-state index contributed by atoms with van der Waals surface area (Å²) in [6.45, 7) is 0. The van der Waals surface area contributed by atoms with Crippen LogP contribution < -0.4 is 0 Å². The van der Waals surface area contributed by atoms with Gasteiger partial charge in [-0.05, 0) is 42.7 Å². The number of terminal acetylenes is 1. The van der Waals surface area contributed by atoms with Crippen LogP contribution in [0.25, 0.3) is 0 Å². The highest BCUT2D eigenvalue weighted by molar-refractivity contribution is 7.90. The van der Waals surface area contributed by atoms with Crippen molar-refractivity contribution in [2.24, 2.45) is 5.92 Å². The zero-order valence-electron chi connectivity index (χ0n) is 13.6. The Morgan fingerprint density at radius 3 is 2.52 bits per heavy atom. The molecule has 0 N–H and O–H groups in total. The normalized spacial score (nSPS) is 15.2.